The topological polar surface area (TPSA) is 71.8 Å². The molecule has 0 radical (unpaired) electrons. The van der Waals surface area contributed by atoms with Crippen molar-refractivity contribution in [2.75, 3.05) is 18.4 Å². The second kappa shape index (κ2) is 8.25. The molecule has 2 N–H and O–H groups in total. The van der Waals surface area contributed by atoms with Gasteiger partial charge in [-0.1, -0.05) is 23.9 Å². The Morgan fingerprint density at radius 3 is 2.86 bits per heavy atom. The second-order valence-electron chi connectivity index (χ2n) is 8.30. The average Bonchev–Trinajstić information content (AvgIpc) is 3.32. The number of nitrogens with one attached hydrogen (secondary N) is 2. The minimum atomic E-state index is 0.139. The van der Waals surface area contributed by atoms with E-state index in [9.17, 15) is 4.79 Å². The van der Waals surface area contributed by atoms with Gasteiger partial charge in [0.25, 0.3) is 0 Å². The molecule has 6 nitrogen and oxygen atoms in total. The molecule has 1 spiro atoms. The number of rotatable bonds is 5. The van der Waals surface area contributed by atoms with Gasteiger partial charge in [0.1, 0.15) is 6.33 Å². The Hall–Kier alpha value is -1.86. The predicted molar refractivity (Wildman–Crippen MR) is 112 cm³/mol. The molecule has 4 rings (SSSR count). The normalized spacial score (nSPS) is 25.7. The summed E-state index contributed by atoms with van der Waals surface area (Å²) in [6.07, 6.45) is 7.33. The summed E-state index contributed by atoms with van der Waals surface area (Å²) in [5.41, 5.74) is 2.52. The van der Waals surface area contributed by atoms with E-state index in [2.05, 4.69) is 39.9 Å². The summed E-state index contributed by atoms with van der Waals surface area (Å²) in [5.74, 6) is 0.312. The quantitative estimate of drug-likeness (QED) is 0.749. The molecule has 1 saturated heterocycles. The van der Waals surface area contributed by atoms with Crippen LogP contribution < -0.4 is 10.6 Å². The maximum Gasteiger partial charge on any atom is 0.227 e. The summed E-state index contributed by atoms with van der Waals surface area (Å²) in [4.78, 5) is 12.8. The van der Waals surface area contributed by atoms with E-state index >= 15 is 0 Å². The second-order valence-corrected chi connectivity index (χ2v) is 9.61. The van der Waals surface area contributed by atoms with Crippen LogP contribution in [0.2, 0.25) is 0 Å². The molecular formula is C21H29N5OS. The molecule has 0 bridgehead atoms. The van der Waals surface area contributed by atoms with Crippen molar-refractivity contribution >= 4 is 23.4 Å². The summed E-state index contributed by atoms with van der Waals surface area (Å²) in [6, 6.07) is 8.17. The summed E-state index contributed by atoms with van der Waals surface area (Å²) < 4.78 is 1.92. The number of aromatic nitrogens is 3. The van der Waals surface area contributed by atoms with Crippen LogP contribution in [-0.2, 0) is 11.8 Å². The number of benzene rings is 1. The lowest BCUT2D eigenvalue weighted by molar-refractivity contribution is -0.121. The van der Waals surface area contributed by atoms with Crippen molar-refractivity contribution < 1.29 is 4.79 Å². The third-order valence-electron chi connectivity index (χ3n) is 6.32. The van der Waals surface area contributed by atoms with E-state index in [0.29, 0.717) is 5.41 Å². The van der Waals surface area contributed by atoms with Crippen molar-refractivity contribution in [2.45, 2.75) is 49.4 Å². The molecule has 7 heteroatoms. The molecule has 2 fully saturated rings. The van der Waals surface area contributed by atoms with Crippen molar-refractivity contribution in [1.82, 2.24) is 20.1 Å². The van der Waals surface area contributed by atoms with Crippen LogP contribution in [0.25, 0.3) is 0 Å². The Balaban J connectivity index is 1.35. The molecule has 150 valence electrons. The highest BCUT2D eigenvalue weighted by atomic mass is 32.2. The molecule has 2 aromatic rings. The average molecular weight is 400 g/mol. The van der Waals surface area contributed by atoms with Crippen LogP contribution in [-0.4, -0.2) is 33.8 Å². The largest absolute Gasteiger partial charge is 0.326 e. The van der Waals surface area contributed by atoms with Crippen LogP contribution in [0.1, 0.15) is 49.8 Å². The molecule has 1 aromatic carbocycles. The molecular weight excluding hydrogens is 370 g/mol. The maximum atomic E-state index is 12.8. The standard InChI is InChI=1S/C21H29N5OS/c1-15(28-20-25-23-14-26(20)2)17-4-3-5-18(12-17)24-19(27)16-6-8-21(9-7-16)10-11-22-13-21/h3-5,12,14-16,22H,6-11,13H2,1-2H3,(H,24,27). The van der Waals surface area contributed by atoms with E-state index in [0.717, 1.165) is 36.8 Å². The zero-order valence-corrected chi connectivity index (χ0v) is 17.5. The molecule has 1 saturated carbocycles. The highest BCUT2D eigenvalue weighted by Gasteiger charge is 2.39. The van der Waals surface area contributed by atoms with E-state index in [1.165, 1.54) is 24.8 Å². The number of anilines is 1. The number of hydrogen-bond donors (Lipinski definition) is 2. The number of carbonyl (C=O) groups excluding carboxylic acids is 1. The highest BCUT2D eigenvalue weighted by Crippen LogP contribution is 2.43. The number of hydrogen-bond acceptors (Lipinski definition) is 5. The number of amides is 1. The molecule has 2 aliphatic rings. The van der Waals surface area contributed by atoms with E-state index in [1.54, 1.807) is 18.1 Å². The van der Waals surface area contributed by atoms with Gasteiger partial charge in [-0.3, -0.25) is 4.79 Å². The van der Waals surface area contributed by atoms with E-state index in [1.807, 2.05) is 23.7 Å². The van der Waals surface area contributed by atoms with Crippen LogP contribution in [0, 0.1) is 11.3 Å². The molecule has 2 heterocycles. The lowest BCUT2D eigenvalue weighted by Gasteiger charge is -2.36. The van der Waals surface area contributed by atoms with Gasteiger partial charge in [0.15, 0.2) is 5.16 Å². The first-order valence-corrected chi connectivity index (χ1v) is 11.0. The number of carbonyl (C=O) groups is 1. The monoisotopic (exact) mass is 399 g/mol. The molecule has 1 unspecified atom stereocenters. The Kier molecular flexibility index (Phi) is 5.73. The van der Waals surface area contributed by atoms with Gasteiger partial charge in [-0.05, 0) is 68.7 Å². The molecule has 28 heavy (non-hydrogen) atoms. The van der Waals surface area contributed by atoms with Gasteiger partial charge in [-0.15, -0.1) is 10.2 Å². The minimum absolute atomic E-state index is 0.139. The van der Waals surface area contributed by atoms with Crippen LogP contribution in [0.15, 0.2) is 35.7 Å². The van der Waals surface area contributed by atoms with E-state index < -0.39 is 0 Å². The molecule has 1 aromatic heterocycles. The Bertz CT molecular complexity index is 820. The van der Waals surface area contributed by atoms with Crippen LogP contribution in [0.3, 0.4) is 0 Å². The Morgan fingerprint density at radius 1 is 1.36 bits per heavy atom. The molecule has 1 amide bonds. The Morgan fingerprint density at radius 2 is 2.18 bits per heavy atom. The van der Waals surface area contributed by atoms with Gasteiger partial charge in [-0.2, -0.15) is 0 Å². The van der Waals surface area contributed by atoms with Crippen LogP contribution in [0.4, 0.5) is 5.69 Å². The number of nitrogens with zero attached hydrogens (tertiary/aromatic N) is 3. The highest BCUT2D eigenvalue weighted by molar-refractivity contribution is 7.99. The summed E-state index contributed by atoms with van der Waals surface area (Å²) in [7, 11) is 1.95. The summed E-state index contributed by atoms with van der Waals surface area (Å²) in [6.45, 7) is 4.41. The van der Waals surface area contributed by atoms with Crippen molar-refractivity contribution in [3.05, 3.63) is 36.2 Å². The van der Waals surface area contributed by atoms with Gasteiger partial charge in [0.2, 0.25) is 5.91 Å². The number of thioether (sulfide) groups is 1. The number of aryl methyl sites for hydroxylation is 1. The van der Waals surface area contributed by atoms with E-state index in [4.69, 9.17) is 0 Å². The van der Waals surface area contributed by atoms with Crippen molar-refractivity contribution in [2.24, 2.45) is 18.4 Å². The first-order valence-electron chi connectivity index (χ1n) is 10.2. The lowest BCUT2D eigenvalue weighted by atomic mass is 9.70. The zero-order valence-electron chi connectivity index (χ0n) is 16.6. The summed E-state index contributed by atoms with van der Waals surface area (Å²) >= 11 is 1.67. The Labute approximate surface area is 170 Å². The van der Waals surface area contributed by atoms with Gasteiger partial charge in [-0.25, -0.2) is 0 Å². The van der Waals surface area contributed by atoms with Crippen LogP contribution in [0.5, 0.6) is 0 Å². The minimum Gasteiger partial charge on any atom is -0.326 e. The first kappa shape index (κ1) is 19.5. The lowest BCUT2D eigenvalue weighted by Crippen LogP contribution is -2.34. The summed E-state index contributed by atoms with van der Waals surface area (Å²) in [5, 5.41) is 15.8. The van der Waals surface area contributed by atoms with Crippen molar-refractivity contribution in [1.29, 1.82) is 0 Å². The molecule has 1 atom stereocenters. The maximum absolute atomic E-state index is 12.8. The van der Waals surface area contributed by atoms with Crippen molar-refractivity contribution in [3.8, 4) is 0 Å². The van der Waals surface area contributed by atoms with Gasteiger partial charge < -0.3 is 15.2 Å². The molecule has 1 aliphatic carbocycles. The molecule has 1 aliphatic heterocycles. The van der Waals surface area contributed by atoms with Gasteiger partial charge in [0, 0.05) is 30.4 Å². The SMILES string of the molecule is CC(Sc1nncn1C)c1cccc(NC(=O)C2CCC3(CCNC3)CC2)c1. The van der Waals surface area contributed by atoms with Gasteiger partial charge in [0.05, 0.1) is 0 Å². The fourth-order valence-corrected chi connectivity index (χ4v) is 5.34. The zero-order chi connectivity index (χ0) is 19.6. The van der Waals surface area contributed by atoms with E-state index in [-0.39, 0.29) is 17.1 Å². The third kappa shape index (κ3) is 4.25. The van der Waals surface area contributed by atoms with Gasteiger partial charge >= 0.3 is 0 Å². The van der Waals surface area contributed by atoms with Crippen LogP contribution >= 0.6 is 11.8 Å². The van der Waals surface area contributed by atoms with Crippen molar-refractivity contribution in [3.63, 3.8) is 0 Å². The third-order valence-corrected chi connectivity index (χ3v) is 7.53. The fraction of sp³-hybridized carbons (Fsp3) is 0.571. The predicted octanol–water partition coefficient (Wildman–Crippen LogP) is 3.78. The smallest absolute Gasteiger partial charge is 0.227 e. The fourth-order valence-electron chi connectivity index (χ4n) is 4.43. The first-order chi connectivity index (χ1) is 13.5.